The van der Waals surface area contributed by atoms with Crippen molar-refractivity contribution in [3.63, 3.8) is 0 Å². The Bertz CT molecular complexity index is 836. The smallest absolute Gasteiger partial charge is 0.122 e. The van der Waals surface area contributed by atoms with Crippen LogP contribution in [0.25, 0.3) is 0 Å². The lowest BCUT2D eigenvalue weighted by Crippen LogP contribution is -2.47. The van der Waals surface area contributed by atoms with E-state index >= 15 is 0 Å². The Hall–Kier alpha value is -1.79. The number of aliphatic hydroxyl groups is 1. The Morgan fingerprint density at radius 3 is 2.29 bits per heavy atom. The highest BCUT2D eigenvalue weighted by Gasteiger charge is 2.24. The molecule has 0 bridgehead atoms. The van der Waals surface area contributed by atoms with Crippen molar-refractivity contribution in [2.45, 2.75) is 52.6 Å². The zero-order valence-electron chi connectivity index (χ0n) is 21.6. The molecule has 1 aliphatic heterocycles. The van der Waals surface area contributed by atoms with Crippen LogP contribution in [0.5, 0.6) is 11.5 Å². The predicted molar refractivity (Wildman–Crippen MR) is 143 cm³/mol. The number of β-amino-alcohol motifs (C(OH)–C–C–N with tert-alkyl or cyclic N) is 1. The quantitative estimate of drug-likeness (QED) is 0.343. The van der Waals surface area contributed by atoms with Crippen molar-refractivity contribution in [2.24, 2.45) is 0 Å². The minimum atomic E-state index is -0.489. The Kier molecular flexibility index (Phi) is 12.2. The first kappa shape index (κ1) is 28.4. The van der Waals surface area contributed by atoms with E-state index in [1.165, 1.54) is 11.1 Å². The van der Waals surface area contributed by atoms with E-state index in [-0.39, 0.29) is 5.41 Å². The molecule has 0 aliphatic carbocycles. The third-order valence-electron chi connectivity index (χ3n) is 6.13. The average Bonchev–Trinajstić information content (AvgIpc) is 2.86. The van der Waals surface area contributed by atoms with E-state index in [0.29, 0.717) is 25.6 Å². The second kappa shape index (κ2) is 14.6. The maximum Gasteiger partial charge on any atom is 0.122 e. The number of hydrogen-bond donors (Lipinski definition) is 2. The Balaban J connectivity index is 0.00000199. The third kappa shape index (κ3) is 8.46. The fraction of sp³-hybridized carbons (Fsp3) is 0.571. The van der Waals surface area contributed by atoms with Crippen molar-refractivity contribution in [1.82, 2.24) is 10.2 Å². The van der Waals surface area contributed by atoms with Crippen molar-refractivity contribution in [3.05, 3.63) is 59.2 Å². The number of piperazine rings is 1. The number of aliphatic hydroxyl groups excluding tert-OH is 1. The Morgan fingerprint density at radius 2 is 1.68 bits per heavy atom. The van der Waals surface area contributed by atoms with Gasteiger partial charge in [0.1, 0.15) is 24.2 Å². The number of aryl methyl sites for hydroxylation is 1. The maximum absolute atomic E-state index is 10.3. The highest BCUT2D eigenvalue weighted by Crippen LogP contribution is 2.34. The molecule has 1 unspecified atom stereocenters. The average molecular weight is 491 g/mol. The Labute approximate surface area is 211 Å². The van der Waals surface area contributed by atoms with Gasteiger partial charge in [0.2, 0.25) is 0 Å². The normalized spacial score (nSPS) is 15.3. The number of benzene rings is 2. The molecule has 2 aromatic carbocycles. The molecule has 2 aromatic rings. The summed E-state index contributed by atoms with van der Waals surface area (Å²) in [6, 6.07) is 14.6. The van der Waals surface area contributed by atoms with Gasteiger partial charge >= 0.3 is 0 Å². The van der Waals surface area contributed by atoms with E-state index in [0.717, 1.165) is 49.7 Å². The van der Waals surface area contributed by atoms with Gasteiger partial charge in [-0.2, -0.15) is 0 Å². The summed E-state index contributed by atoms with van der Waals surface area (Å²) in [6.45, 7) is 16.0. The molecular weight excluding hydrogens is 448 g/mol. The summed E-state index contributed by atoms with van der Waals surface area (Å²) in [5, 5.41) is 13.6. The molecule has 3 rings (SSSR count). The molecule has 1 heterocycles. The van der Waals surface area contributed by atoms with Gasteiger partial charge in [0.15, 0.2) is 0 Å². The van der Waals surface area contributed by atoms with E-state index in [1.54, 1.807) is 0 Å². The van der Waals surface area contributed by atoms with Crippen molar-refractivity contribution in [3.8, 4) is 11.5 Å². The second-order valence-corrected chi connectivity index (χ2v) is 9.41. The number of halogens is 1. The Morgan fingerprint density at radius 1 is 1.03 bits per heavy atom. The van der Waals surface area contributed by atoms with Gasteiger partial charge in [-0.1, -0.05) is 52.0 Å². The van der Waals surface area contributed by atoms with Gasteiger partial charge in [0.05, 0.1) is 6.61 Å². The van der Waals surface area contributed by atoms with Crippen molar-refractivity contribution in [1.29, 1.82) is 0 Å². The minimum absolute atomic E-state index is 0.153. The molecule has 1 aliphatic rings. The number of nitrogens with one attached hydrogen (secondary N) is 1. The van der Waals surface area contributed by atoms with E-state index < -0.39 is 6.10 Å². The van der Waals surface area contributed by atoms with Crippen LogP contribution in [0.3, 0.4) is 0 Å². The molecule has 0 radical (unpaired) electrons. The number of rotatable bonds is 11. The van der Waals surface area contributed by atoms with Crippen molar-refractivity contribution >= 4 is 11.6 Å². The largest absolute Gasteiger partial charge is 0.493 e. The third-order valence-corrected chi connectivity index (χ3v) is 6.40. The standard InChI is InChI=1S/C26H37ClN2O3.C2H6/c1-20-17-22(7-10-25(20)31-16-4-11-27)26(2,3)21-5-8-24(9-6-21)32-19-23(30)18-29-14-12-28-13-15-29;1-2/h5-10,17,23,28,30H,4,11-16,18-19H2,1-3H3;1-2H3. The van der Waals surface area contributed by atoms with Gasteiger partial charge < -0.3 is 19.9 Å². The second-order valence-electron chi connectivity index (χ2n) is 9.04. The summed E-state index contributed by atoms with van der Waals surface area (Å²) in [6.07, 6.45) is 0.354. The van der Waals surface area contributed by atoms with Gasteiger partial charge in [0, 0.05) is 44.0 Å². The van der Waals surface area contributed by atoms with Gasteiger partial charge in [-0.25, -0.2) is 0 Å². The predicted octanol–water partition coefficient (Wildman–Crippen LogP) is 5.00. The van der Waals surface area contributed by atoms with Crippen molar-refractivity contribution < 1.29 is 14.6 Å². The summed E-state index contributed by atoms with van der Waals surface area (Å²) in [5.41, 5.74) is 3.42. The molecule has 0 saturated carbocycles. The maximum atomic E-state index is 10.3. The molecule has 190 valence electrons. The first-order valence-corrected chi connectivity index (χ1v) is 13.1. The van der Waals surface area contributed by atoms with E-state index in [4.69, 9.17) is 21.1 Å². The highest BCUT2D eigenvalue weighted by atomic mass is 35.5. The molecule has 34 heavy (non-hydrogen) atoms. The van der Waals surface area contributed by atoms with Crippen LogP contribution < -0.4 is 14.8 Å². The number of nitrogens with zero attached hydrogens (tertiary/aromatic N) is 1. The van der Waals surface area contributed by atoms with Crippen LogP contribution in [0.15, 0.2) is 42.5 Å². The van der Waals surface area contributed by atoms with Crippen LogP contribution in [0.1, 0.15) is 50.8 Å². The van der Waals surface area contributed by atoms with Gasteiger partial charge in [-0.3, -0.25) is 4.90 Å². The summed E-state index contributed by atoms with van der Waals surface area (Å²) < 4.78 is 11.7. The minimum Gasteiger partial charge on any atom is -0.493 e. The number of ether oxygens (including phenoxy) is 2. The number of hydrogen-bond acceptors (Lipinski definition) is 5. The van der Waals surface area contributed by atoms with Gasteiger partial charge in [0.25, 0.3) is 0 Å². The molecule has 0 amide bonds. The first-order chi connectivity index (χ1) is 16.4. The molecule has 0 spiro atoms. The molecule has 1 saturated heterocycles. The fourth-order valence-electron chi connectivity index (χ4n) is 4.01. The lowest BCUT2D eigenvalue weighted by atomic mass is 9.77. The van der Waals surface area contributed by atoms with E-state index in [1.807, 2.05) is 26.0 Å². The molecule has 1 atom stereocenters. The van der Waals surface area contributed by atoms with Crippen LogP contribution in [0.4, 0.5) is 0 Å². The summed E-state index contributed by atoms with van der Waals surface area (Å²) >= 11 is 5.74. The molecule has 2 N–H and O–H groups in total. The monoisotopic (exact) mass is 490 g/mol. The fourth-order valence-corrected chi connectivity index (χ4v) is 4.12. The summed E-state index contributed by atoms with van der Waals surface area (Å²) in [4.78, 5) is 2.27. The number of alkyl halides is 1. The lowest BCUT2D eigenvalue weighted by molar-refractivity contribution is 0.0641. The summed E-state index contributed by atoms with van der Waals surface area (Å²) in [5.74, 6) is 2.31. The molecular formula is C28H43ClN2O3. The first-order valence-electron chi connectivity index (χ1n) is 12.5. The van der Waals surface area contributed by atoms with Gasteiger partial charge in [-0.05, 0) is 48.2 Å². The summed E-state index contributed by atoms with van der Waals surface area (Å²) in [7, 11) is 0. The van der Waals surface area contributed by atoms with Gasteiger partial charge in [-0.15, -0.1) is 11.6 Å². The van der Waals surface area contributed by atoms with Crippen LogP contribution in [-0.2, 0) is 5.41 Å². The van der Waals surface area contributed by atoms with Crippen LogP contribution >= 0.6 is 11.6 Å². The zero-order chi connectivity index (χ0) is 25.0. The molecule has 5 nitrogen and oxygen atoms in total. The molecule has 1 fully saturated rings. The zero-order valence-corrected chi connectivity index (χ0v) is 22.3. The van der Waals surface area contributed by atoms with Crippen LogP contribution in [-0.4, -0.2) is 67.9 Å². The van der Waals surface area contributed by atoms with Crippen molar-refractivity contribution in [2.75, 3.05) is 51.8 Å². The van der Waals surface area contributed by atoms with Crippen LogP contribution in [0.2, 0.25) is 0 Å². The SMILES string of the molecule is CC.Cc1cc(C(C)(C)c2ccc(OCC(O)CN3CCNCC3)cc2)ccc1OCCCCl. The van der Waals surface area contributed by atoms with E-state index in [9.17, 15) is 5.11 Å². The lowest BCUT2D eigenvalue weighted by Gasteiger charge is -2.29. The topological polar surface area (TPSA) is 54.0 Å². The molecule has 0 aromatic heterocycles. The van der Waals surface area contributed by atoms with E-state index in [2.05, 4.69) is 61.3 Å². The highest BCUT2D eigenvalue weighted by molar-refractivity contribution is 6.17. The van der Waals surface area contributed by atoms with Crippen LogP contribution in [0, 0.1) is 6.92 Å². The molecule has 6 heteroatoms.